The number of likely N-dealkylation sites (N-methyl/N-ethyl adjacent to an activating group) is 1. The molecule has 200 valence electrons. The molecule has 1 aliphatic rings. The Morgan fingerprint density at radius 2 is 1.87 bits per heavy atom. The first-order valence-corrected chi connectivity index (χ1v) is 12.3. The van der Waals surface area contributed by atoms with E-state index in [0.717, 1.165) is 11.4 Å². The van der Waals surface area contributed by atoms with Gasteiger partial charge in [0.25, 0.3) is 12.3 Å². The van der Waals surface area contributed by atoms with E-state index in [-0.39, 0.29) is 11.8 Å². The number of pyridine rings is 1. The van der Waals surface area contributed by atoms with Crippen LogP contribution in [0.15, 0.2) is 61.1 Å². The molecule has 0 saturated carbocycles. The third kappa shape index (κ3) is 5.47. The molecule has 4 aromatic rings. The molecule has 0 bridgehead atoms. The van der Waals surface area contributed by atoms with Gasteiger partial charge < -0.3 is 11.1 Å². The Morgan fingerprint density at radius 3 is 2.53 bits per heavy atom. The van der Waals surface area contributed by atoms with E-state index >= 15 is 0 Å². The number of halogens is 3. The molecule has 0 spiro atoms. The topological polar surface area (TPSA) is 101 Å². The zero-order chi connectivity index (χ0) is 27.2. The number of rotatable bonds is 6. The number of aromatic nitrogens is 4. The summed E-state index contributed by atoms with van der Waals surface area (Å²) < 4.78 is 38.4. The van der Waals surface area contributed by atoms with Gasteiger partial charge in [0, 0.05) is 42.2 Å². The van der Waals surface area contributed by atoms with Crippen molar-refractivity contribution in [2.75, 3.05) is 31.3 Å². The Balaban J connectivity index is 0.00000164. The Labute approximate surface area is 218 Å². The second kappa shape index (κ2) is 12.0. The predicted octanol–water partition coefficient (Wildman–Crippen LogP) is 5.04. The van der Waals surface area contributed by atoms with Crippen LogP contribution in [0.2, 0.25) is 0 Å². The Kier molecular flexibility index (Phi) is 8.57. The summed E-state index contributed by atoms with van der Waals surface area (Å²) >= 11 is 0. The number of carbonyl (C=O) groups excluding carboxylic acids is 1. The Hall–Kier alpha value is -3.99. The number of anilines is 2. The lowest BCUT2D eigenvalue weighted by Gasteiger charge is -2.38. The van der Waals surface area contributed by atoms with Crippen molar-refractivity contribution in [2.45, 2.75) is 38.2 Å². The monoisotopic (exact) mass is 525 g/mol. The number of hydrogen-bond donors (Lipinski definition) is 2. The predicted molar refractivity (Wildman–Crippen MR) is 141 cm³/mol. The molecule has 1 fully saturated rings. The average molecular weight is 526 g/mol. The summed E-state index contributed by atoms with van der Waals surface area (Å²) in [5.41, 5.74) is 8.83. The molecule has 1 saturated heterocycles. The van der Waals surface area contributed by atoms with E-state index in [0.29, 0.717) is 61.5 Å². The van der Waals surface area contributed by atoms with Gasteiger partial charge >= 0.3 is 0 Å². The lowest BCUT2D eigenvalue weighted by atomic mass is 9.92. The van der Waals surface area contributed by atoms with Gasteiger partial charge in [-0.25, -0.2) is 23.7 Å². The molecule has 0 unspecified atom stereocenters. The van der Waals surface area contributed by atoms with Gasteiger partial charge in [-0.05, 0) is 43.7 Å². The highest BCUT2D eigenvalue weighted by Crippen LogP contribution is 2.36. The number of carbonyl (C=O) groups is 1. The number of fused-ring (bicyclic) bond motifs is 1. The van der Waals surface area contributed by atoms with Gasteiger partial charge in [0.05, 0.1) is 13.2 Å². The van der Waals surface area contributed by atoms with E-state index in [4.69, 9.17) is 10.7 Å². The zero-order valence-corrected chi connectivity index (χ0v) is 21.2. The fraction of sp³-hybridized carbons (Fsp3) is 0.333. The van der Waals surface area contributed by atoms with Crippen LogP contribution in [0.5, 0.6) is 0 Å². The molecule has 0 aliphatic carbocycles. The van der Waals surface area contributed by atoms with E-state index in [9.17, 15) is 18.0 Å². The van der Waals surface area contributed by atoms with E-state index in [1.165, 1.54) is 0 Å². The minimum atomic E-state index is -2.37. The van der Waals surface area contributed by atoms with Crippen LogP contribution in [0.25, 0.3) is 16.8 Å². The number of hydrogen-bond acceptors (Lipinski definition) is 6. The zero-order valence-electron chi connectivity index (χ0n) is 21.2. The summed E-state index contributed by atoms with van der Waals surface area (Å²) in [5.74, 6) is 1.28. The number of piperidine rings is 1. The third-order valence-electron chi connectivity index (χ3n) is 6.73. The molecular formula is C27H30F3N7O. The number of nitrogens with zero attached hydrogens (tertiary/aromatic N) is 5. The third-order valence-corrected chi connectivity index (χ3v) is 6.73. The van der Waals surface area contributed by atoms with Crippen molar-refractivity contribution < 1.29 is 18.0 Å². The minimum absolute atomic E-state index is 0.0218. The quantitative estimate of drug-likeness (QED) is 0.366. The van der Waals surface area contributed by atoms with Gasteiger partial charge in [-0.3, -0.25) is 18.5 Å². The standard InChI is InChI=1S/C26H27F2N7O.CH3F/c1-2-34-15-18(10-11-19(34)23(27)28)25-33-21(22-24(29)31-13-14-35(22)25)16-6-8-17(9-7-16)26(36)32-20-5-3-4-12-30-20;1-2/h3-9,12-14,18-19,23H,2,10-11,15H2,1H3,(H2,29,31)(H,30,32,36);1H3/t18-,19+;/m0./s1. The van der Waals surface area contributed by atoms with Gasteiger partial charge in [-0.1, -0.05) is 25.1 Å². The van der Waals surface area contributed by atoms with Crippen molar-refractivity contribution in [2.24, 2.45) is 0 Å². The molecule has 8 nitrogen and oxygen atoms in total. The highest BCUT2D eigenvalue weighted by Gasteiger charge is 2.35. The lowest BCUT2D eigenvalue weighted by Crippen LogP contribution is -2.46. The van der Waals surface area contributed by atoms with Gasteiger partial charge in [-0.15, -0.1) is 0 Å². The first-order chi connectivity index (χ1) is 18.5. The van der Waals surface area contributed by atoms with Gasteiger partial charge in [0.2, 0.25) is 0 Å². The lowest BCUT2D eigenvalue weighted by molar-refractivity contribution is 0.000792. The van der Waals surface area contributed by atoms with Crippen molar-refractivity contribution in [3.05, 3.63) is 72.4 Å². The van der Waals surface area contributed by atoms with Crippen LogP contribution in [-0.2, 0) is 0 Å². The SMILES string of the molecule is CCN1C[C@@H](c2nc(-c3ccc(C(=O)Nc4ccccn4)cc3)c3c(N)nccn23)CC[C@@H]1C(F)F.CF. The van der Waals surface area contributed by atoms with Gasteiger partial charge in [-0.2, -0.15) is 0 Å². The average Bonchev–Trinajstić information content (AvgIpc) is 3.35. The second-order valence-electron chi connectivity index (χ2n) is 8.86. The summed E-state index contributed by atoms with van der Waals surface area (Å²) in [6.45, 7) is 2.95. The summed E-state index contributed by atoms with van der Waals surface area (Å²) in [6.07, 6.45) is 3.68. The number of nitrogens with one attached hydrogen (secondary N) is 1. The molecule has 11 heteroatoms. The van der Waals surface area contributed by atoms with Crippen molar-refractivity contribution in [1.29, 1.82) is 0 Å². The number of nitrogens with two attached hydrogens (primary N) is 1. The fourth-order valence-electron chi connectivity index (χ4n) is 4.90. The number of alkyl halides is 3. The van der Waals surface area contributed by atoms with E-state index in [1.54, 1.807) is 42.7 Å². The van der Waals surface area contributed by atoms with E-state index < -0.39 is 12.5 Å². The van der Waals surface area contributed by atoms with Crippen LogP contribution in [-0.4, -0.2) is 62.9 Å². The van der Waals surface area contributed by atoms with E-state index in [2.05, 4.69) is 15.3 Å². The fourth-order valence-corrected chi connectivity index (χ4v) is 4.90. The molecule has 3 aromatic heterocycles. The molecule has 1 aliphatic heterocycles. The minimum Gasteiger partial charge on any atom is -0.382 e. The van der Waals surface area contributed by atoms with Crippen molar-refractivity contribution in [3.8, 4) is 11.3 Å². The maximum absolute atomic E-state index is 13.5. The van der Waals surface area contributed by atoms with Gasteiger partial charge in [0.1, 0.15) is 28.7 Å². The smallest absolute Gasteiger partial charge is 0.256 e. The van der Waals surface area contributed by atoms with Crippen molar-refractivity contribution >= 4 is 23.1 Å². The van der Waals surface area contributed by atoms with Crippen LogP contribution in [0.1, 0.15) is 41.9 Å². The number of benzene rings is 1. The molecule has 2 atom stereocenters. The van der Waals surface area contributed by atoms with Gasteiger partial charge in [0.15, 0.2) is 0 Å². The summed E-state index contributed by atoms with van der Waals surface area (Å²) in [7, 11) is 0.500. The maximum Gasteiger partial charge on any atom is 0.256 e. The molecule has 4 heterocycles. The molecule has 38 heavy (non-hydrogen) atoms. The van der Waals surface area contributed by atoms with Crippen LogP contribution in [0.4, 0.5) is 24.8 Å². The summed E-state index contributed by atoms with van der Waals surface area (Å²) in [5, 5.41) is 2.77. The van der Waals surface area contributed by atoms with Crippen LogP contribution in [0, 0.1) is 0 Å². The summed E-state index contributed by atoms with van der Waals surface area (Å²) in [6, 6.07) is 11.6. The van der Waals surface area contributed by atoms with Crippen LogP contribution < -0.4 is 11.1 Å². The largest absolute Gasteiger partial charge is 0.382 e. The first-order valence-electron chi connectivity index (χ1n) is 12.3. The number of amides is 1. The molecule has 3 N–H and O–H groups in total. The molecular weight excluding hydrogens is 495 g/mol. The molecule has 1 aromatic carbocycles. The highest BCUT2D eigenvalue weighted by molar-refractivity contribution is 6.04. The normalized spacial score (nSPS) is 17.7. The van der Waals surface area contributed by atoms with Crippen molar-refractivity contribution in [1.82, 2.24) is 24.3 Å². The summed E-state index contributed by atoms with van der Waals surface area (Å²) in [4.78, 5) is 27.8. The van der Waals surface area contributed by atoms with Crippen molar-refractivity contribution in [3.63, 3.8) is 0 Å². The van der Waals surface area contributed by atoms with Crippen LogP contribution >= 0.6 is 0 Å². The first kappa shape index (κ1) is 27.1. The van der Waals surface area contributed by atoms with Crippen LogP contribution in [0.3, 0.4) is 0 Å². The second-order valence-corrected chi connectivity index (χ2v) is 8.86. The highest BCUT2D eigenvalue weighted by atomic mass is 19.3. The molecule has 0 radical (unpaired) electrons. The number of imidazole rings is 1. The Morgan fingerprint density at radius 1 is 1.11 bits per heavy atom. The Bertz CT molecular complexity index is 1360. The molecule has 1 amide bonds. The maximum atomic E-state index is 13.5. The number of nitrogen functional groups attached to an aromatic ring is 1. The number of likely N-dealkylation sites (tertiary alicyclic amines) is 1. The molecule has 5 rings (SSSR count). The van der Waals surface area contributed by atoms with E-state index in [1.807, 2.05) is 34.6 Å².